The van der Waals surface area contributed by atoms with E-state index in [1.165, 1.54) is 18.2 Å². The second-order valence-corrected chi connectivity index (χ2v) is 4.09. The van der Waals surface area contributed by atoms with Crippen LogP contribution in [0.3, 0.4) is 0 Å². The van der Waals surface area contributed by atoms with Crippen molar-refractivity contribution in [3.05, 3.63) is 29.6 Å². The zero-order chi connectivity index (χ0) is 13.4. The number of amides is 1. The Morgan fingerprint density at radius 1 is 1.44 bits per heavy atom. The monoisotopic (exact) mass is 273 g/mol. The van der Waals surface area contributed by atoms with Crippen molar-refractivity contribution in [3.63, 3.8) is 0 Å². The van der Waals surface area contributed by atoms with Crippen LogP contribution in [0, 0.1) is 5.82 Å². The van der Waals surface area contributed by atoms with E-state index in [1.807, 2.05) is 0 Å². The molecule has 0 unspecified atom stereocenters. The fourth-order valence-corrected chi connectivity index (χ4v) is 1.51. The molecule has 0 radical (unpaired) electrons. The maximum atomic E-state index is 12.9. The topological polar surface area (TPSA) is 58.6 Å². The van der Waals surface area contributed by atoms with E-state index in [0.717, 1.165) is 0 Å². The van der Waals surface area contributed by atoms with E-state index in [1.54, 1.807) is 0 Å². The Morgan fingerprint density at radius 2 is 2.22 bits per heavy atom. The number of hydrogen-bond acceptors (Lipinski definition) is 4. The molecule has 0 spiro atoms. The molecule has 2 N–H and O–H groups in total. The Kier molecular flexibility index (Phi) is 6.70. The van der Waals surface area contributed by atoms with Crippen LogP contribution in [0.1, 0.15) is 16.8 Å². The standard InChI is InChI=1S/C12H16FNO3S/c13-10-3-2-9(8-11(10)18)12(16)14-4-1-6-17-7-5-15/h2-3,8,15,18H,1,4-7H2,(H,14,16). The fourth-order valence-electron chi connectivity index (χ4n) is 1.30. The summed E-state index contributed by atoms with van der Waals surface area (Å²) in [5, 5.41) is 11.2. The number of carbonyl (C=O) groups is 1. The maximum Gasteiger partial charge on any atom is 0.251 e. The van der Waals surface area contributed by atoms with E-state index in [2.05, 4.69) is 17.9 Å². The molecule has 0 heterocycles. The van der Waals surface area contributed by atoms with Gasteiger partial charge in [0.1, 0.15) is 5.82 Å². The molecule has 1 aromatic rings. The lowest BCUT2D eigenvalue weighted by atomic mass is 10.2. The minimum Gasteiger partial charge on any atom is -0.394 e. The zero-order valence-corrected chi connectivity index (χ0v) is 10.8. The first-order valence-corrected chi connectivity index (χ1v) is 6.05. The molecular formula is C12H16FNO3S. The number of aliphatic hydroxyl groups excluding tert-OH is 1. The lowest BCUT2D eigenvalue weighted by Crippen LogP contribution is -2.25. The summed E-state index contributed by atoms with van der Waals surface area (Å²) in [6.45, 7) is 1.23. The average molecular weight is 273 g/mol. The summed E-state index contributed by atoms with van der Waals surface area (Å²) in [5.74, 6) is -0.722. The van der Waals surface area contributed by atoms with Crippen LogP contribution in [0.5, 0.6) is 0 Å². The Balaban J connectivity index is 2.30. The van der Waals surface area contributed by atoms with Gasteiger partial charge in [-0.3, -0.25) is 4.79 Å². The molecule has 100 valence electrons. The largest absolute Gasteiger partial charge is 0.394 e. The highest BCUT2D eigenvalue weighted by Gasteiger charge is 2.07. The third-order valence-corrected chi connectivity index (χ3v) is 2.54. The lowest BCUT2D eigenvalue weighted by molar-refractivity contribution is 0.0867. The number of hydrogen-bond donors (Lipinski definition) is 3. The molecule has 1 amide bonds. The molecule has 0 fully saturated rings. The van der Waals surface area contributed by atoms with Gasteiger partial charge in [-0.05, 0) is 24.6 Å². The van der Waals surface area contributed by atoms with E-state index in [-0.39, 0.29) is 17.4 Å². The summed E-state index contributed by atoms with van der Waals surface area (Å²) in [6.07, 6.45) is 0.653. The van der Waals surface area contributed by atoms with E-state index in [0.29, 0.717) is 31.7 Å². The molecule has 0 aliphatic carbocycles. The van der Waals surface area contributed by atoms with Crippen molar-refractivity contribution >= 4 is 18.5 Å². The molecule has 18 heavy (non-hydrogen) atoms. The second-order valence-electron chi connectivity index (χ2n) is 3.61. The molecule has 0 bridgehead atoms. The van der Waals surface area contributed by atoms with E-state index in [9.17, 15) is 9.18 Å². The van der Waals surface area contributed by atoms with E-state index in [4.69, 9.17) is 9.84 Å². The Morgan fingerprint density at radius 3 is 2.89 bits per heavy atom. The quantitative estimate of drug-likeness (QED) is 0.517. The van der Waals surface area contributed by atoms with Gasteiger partial charge in [-0.1, -0.05) is 0 Å². The van der Waals surface area contributed by atoms with Gasteiger partial charge in [-0.15, -0.1) is 12.6 Å². The lowest BCUT2D eigenvalue weighted by Gasteiger charge is -2.06. The van der Waals surface area contributed by atoms with Crippen LogP contribution in [-0.2, 0) is 4.74 Å². The third-order valence-electron chi connectivity index (χ3n) is 2.19. The first-order chi connectivity index (χ1) is 8.65. The first kappa shape index (κ1) is 14.9. The van der Waals surface area contributed by atoms with Crippen molar-refractivity contribution < 1.29 is 19.0 Å². The number of benzene rings is 1. The summed E-state index contributed by atoms with van der Waals surface area (Å²) in [5.41, 5.74) is 0.373. The average Bonchev–Trinajstić information content (AvgIpc) is 2.36. The summed E-state index contributed by atoms with van der Waals surface area (Å²) in [4.78, 5) is 11.8. The smallest absolute Gasteiger partial charge is 0.251 e. The van der Waals surface area contributed by atoms with Gasteiger partial charge in [0.25, 0.3) is 5.91 Å². The van der Waals surface area contributed by atoms with E-state index >= 15 is 0 Å². The van der Waals surface area contributed by atoms with Gasteiger partial charge in [-0.2, -0.15) is 0 Å². The second kappa shape index (κ2) is 8.07. The normalized spacial score (nSPS) is 10.4. The van der Waals surface area contributed by atoms with Crippen LogP contribution in [0.4, 0.5) is 4.39 Å². The zero-order valence-electron chi connectivity index (χ0n) is 9.86. The van der Waals surface area contributed by atoms with Crippen molar-refractivity contribution in [3.8, 4) is 0 Å². The van der Waals surface area contributed by atoms with Gasteiger partial charge in [-0.25, -0.2) is 4.39 Å². The molecular weight excluding hydrogens is 257 g/mol. The number of nitrogens with one attached hydrogen (secondary N) is 1. The predicted molar refractivity (Wildman–Crippen MR) is 68.5 cm³/mol. The highest BCUT2D eigenvalue weighted by Crippen LogP contribution is 2.13. The molecule has 1 rings (SSSR count). The molecule has 0 aliphatic rings. The number of thiol groups is 1. The van der Waals surface area contributed by atoms with Crippen LogP contribution < -0.4 is 5.32 Å². The van der Waals surface area contributed by atoms with Crippen molar-refractivity contribution in [1.82, 2.24) is 5.32 Å². The van der Waals surface area contributed by atoms with Crippen molar-refractivity contribution in [1.29, 1.82) is 0 Å². The summed E-state index contributed by atoms with van der Waals surface area (Å²) < 4.78 is 18.0. The Labute approximate surface area is 111 Å². The molecule has 1 aromatic carbocycles. The number of rotatable bonds is 7. The highest BCUT2D eigenvalue weighted by atomic mass is 32.1. The summed E-state index contributed by atoms with van der Waals surface area (Å²) in [6, 6.07) is 4.00. The molecule has 4 nitrogen and oxygen atoms in total. The first-order valence-electron chi connectivity index (χ1n) is 5.60. The van der Waals surface area contributed by atoms with Gasteiger partial charge in [0.05, 0.1) is 13.2 Å². The molecule has 6 heteroatoms. The highest BCUT2D eigenvalue weighted by molar-refractivity contribution is 7.80. The van der Waals surface area contributed by atoms with Crippen molar-refractivity contribution in [2.75, 3.05) is 26.4 Å². The molecule has 0 saturated carbocycles. The predicted octanol–water partition coefficient (Wildman–Crippen LogP) is 1.24. The van der Waals surface area contributed by atoms with E-state index < -0.39 is 5.82 Å². The molecule has 0 aromatic heterocycles. The van der Waals surface area contributed by atoms with Crippen LogP contribution in [0.2, 0.25) is 0 Å². The van der Waals surface area contributed by atoms with Gasteiger partial charge in [0.2, 0.25) is 0 Å². The van der Waals surface area contributed by atoms with Crippen molar-refractivity contribution in [2.24, 2.45) is 0 Å². The SMILES string of the molecule is O=C(NCCCOCCO)c1ccc(F)c(S)c1. The van der Waals surface area contributed by atoms with Crippen LogP contribution in [-0.4, -0.2) is 37.4 Å². The van der Waals surface area contributed by atoms with Crippen molar-refractivity contribution in [2.45, 2.75) is 11.3 Å². The number of carbonyl (C=O) groups excluding carboxylic acids is 1. The van der Waals surface area contributed by atoms with Gasteiger partial charge in [0.15, 0.2) is 0 Å². The molecule has 0 saturated heterocycles. The maximum absolute atomic E-state index is 12.9. The van der Waals surface area contributed by atoms with Gasteiger partial charge in [0, 0.05) is 23.6 Å². The van der Waals surface area contributed by atoms with Crippen LogP contribution in [0.25, 0.3) is 0 Å². The Bertz CT molecular complexity index is 401. The number of ether oxygens (including phenoxy) is 1. The minimum absolute atomic E-state index is 0.00728. The summed E-state index contributed by atoms with van der Waals surface area (Å²) >= 11 is 3.91. The third kappa shape index (κ3) is 5.03. The number of halogens is 1. The Hall–Kier alpha value is -1.11. The summed E-state index contributed by atoms with van der Waals surface area (Å²) in [7, 11) is 0. The van der Waals surface area contributed by atoms with Crippen LogP contribution in [0.15, 0.2) is 23.1 Å². The van der Waals surface area contributed by atoms with Gasteiger partial charge >= 0.3 is 0 Å². The fraction of sp³-hybridized carbons (Fsp3) is 0.417. The van der Waals surface area contributed by atoms with Gasteiger partial charge < -0.3 is 15.2 Å². The number of aliphatic hydroxyl groups is 1. The minimum atomic E-state index is -0.452. The van der Waals surface area contributed by atoms with Crippen LogP contribution >= 0.6 is 12.6 Å². The molecule has 0 atom stereocenters. The molecule has 0 aliphatic heterocycles.